The minimum atomic E-state index is 0.861. The summed E-state index contributed by atoms with van der Waals surface area (Å²) in [5, 5.41) is 3.40. The van der Waals surface area contributed by atoms with E-state index in [2.05, 4.69) is 52.2 Å². The van der Waals surface area contributed by atoms with Crippen molar-refractivity contribution in [3.8, 4) is 0 Å². The van der Waals surface area contributed by atoms with E-state index in [9.17, 15) is 0 Å². The van der Waals surface area contributed by atoms with Crippen molar-refractivity contribution in [2.24, 2.45) is 5.92 Å². The lowest BCUT2D eigenvalue weighted by Gasteiger charge is -2.07. The van der Waals surface area contributed by atoms with E-state index < -0.39 is 0 Å². The van der Waals surface area contributed by atoms with Crippen molar-refractivity contribution in [3.05, 3.63) is 33.4 Å². The van der Waals surface area contributed by atoms with Crippen LogP contribution < -0.4 is 5.32 Å². The predicted molar refractivity (Wildman–Crippen MR) is 63.8 cm³/mol. The summed E-state index contributed by atoms with van der Waals surface area (Å²) in [5.74, 6) is 0.861. The molecule has 0 bridgehead atoms. The van der Waals surface area contributed by atoms with E-state index in [4.69, 9.17) is 0 Å². The summed E-state index contributed by atoms with van der Waals surface area (Å²) in [5.41, 5.74) is 1.48. The Morgan fingerprint density at radius 3 is 2.69 bits per heavy atom. The van der Waals surface area contributed by atoms with Gasteiger partial charge in [-0.15, -0.1) is 0 Å². The highest BCUT2D eigenvalue weighted by Gasteiger charge is 2.14. The van der Waals surface area contributed by atoms with Crippen molar-refractivity contribution in [1.82, 2.24) is 5.32 Å². The fourth-order valence-electron chi connectivity index (χ4n) is 1.84. The van der Waals surface area contributed by atoms with Crippen LogP contribution in [0.2, 0.25) is 0 Å². The maximum atomic E-state index is 3.40. The van der Waals surface area contributed by atoms with Gasteiger partial charge in [0.05, 0.1) is 0 Å². The lowest BCUT2D eigenvalue weighted by atomic mass is 9.99. The topological polar surface area (TPSA) is 12.0 Å². The van der Waals surface area contributed by atoms with Gasteiger partial charge in [-0.1, -0.05) is 12.1 Å². The van der Waals surface area contributed by atoms with Crippen molar-refractivity contribution < 1.29 is 0 Å². The molecule has 1 atom stereocenters. The van der Waals surface area contributed by atoms with E-state index in [1.54, 1.807) is 0 Å². The maximum Gasteiger partial charge on any atom is 0.0130 e. The lowest BCUT2D eigenvalue weighted by molar-refractivity contribution is 0.580. The molecule has 1 fully saturated rings. The first-order chi connectivity index (χ1) is 6.34. The van der Waals surface area contributed by atoms with Crippen LogP contribution in [0.5, 0.6) is 0 Å². The molecule has 1 heterocycles. The van der Waals surface area contributed by atoms with Gasteiger partial charge in [0.15, 0.2) is 0 Å². The van der Waals surface area contributed by atoms with Crippen LogP contribution in [0.15, 0.2) is 24.3 Å². The highest BCUT2D eigenvalue weighted by molar-refractivity contribution is 14.1. The minimum Gasteiger partial charge on any atom is -0.316 e. The van der Waals surface area contributed by atoms with E-state index >= 15 is 0 Å². The molecule has 0 amide bonds. The molecule has 0 spiro atoms. The SMILES string of the molecule is Ic1ccc(C[C@@H]2CCNC2)cc1. The third-order valence-corrected chi connectivity index (χ3v) is 3.32. The summed E-state index contributed by atoms with van der Waals surface area (Å²) in [6.45, 7) is 2.40. The normalized spacial score (nSPS) is 22.1. The van der Waals surface area contributed by atoms with E-state index in [-0.39, 0.29) is 0 Å². The highest BCUT2D eigenvalue weighted by Crippen LogP contribution is 2.16. The van der Waals surface area contributed by atoms with Gasteiger partial charge < -0.3 is 5.32 Å². The molecule has 1 aromatic carbocycles. The number of hydrogen-bond donors (Lipinski definition) is 1. The first-order valence-electron chi connectivity index (χ1n) is 4.80. The van der Waals surface area contributed by atoms with Crippen LogP contribution in [-0.2, 0) is 6.42 Å². The number of rotatable bonds is 2. The van der Waals surface area contributed by atoms with Gasteiger partial charge in [0, 0.05) is 3.57 Å². The average Bonchev–Trinajstić information content (AvgIpc) is 2.62. The molecule has 0 unspecified atom stereocenters. The molecule has 70 valence electrons. The largest absolute Gasteiger partial charge is 0.316 e. The molecule has 1 aliphatic rings. The molecule has 0 radical (unpaired) electrons. The monoisotopic (exact) mass is 287 g/mol. The van der Waals surface area contributed by atoms with Crippen LogP contribution in [0.1, 0.15) is 12.0 Å². The summed E-state index contributed by atoms with van der Waals surface area (Å²) in [7, 11) is 0. The van der Waals surface area contributed by atoms with Crippen molar-refractivity contribution in [2.45, 2.75) is 12.8 Å². The quantitative estimate of drug-likeness (QED) is 0.824. The molecule has 1 nitrogen and oxygen atoms in total. The van der Waals surface area contributed by atoms with Crippen molar-refractivity contribution in [2.75, 3.05) is 13.1 Å². The Labute approximate surface area is 93.1 Å². The average molecular weight is 287 g/mol. The molecule has 2 heteroatoms. The molecule has 0 aromatic heterocycles. The third kappa shape index (κ3) is 2.68. The molecule has 2 rings (SSSR count). The summed E-state index contributed by atoms with van der Waals surface area (Å²) in [6.07, 6.45) is 2.58. The van der Waals surface area contributed by atoms with Crippen LogP contribution in [0.25, 0.3) is 0 Å². The predicted octanol–water partition coefficient (Wildman–Crippen LogP) is 2.44. The summed E-state index contributed by atoms with van der Waals surface area (Å²) in [4.78, 5) is 0. The zero-order valence-electron chi connectivity index (χ0n) is 7.59. The zero-order valence-corrected chi connectivity index (χ0v) is 9.75. The van der Waals surface area contributed by atoms with Crippen LogP contribution in [0, 0.1) is 9.49 Å². The van der Waals surface area contributed by atoms with Gasteiger partial charge in [-0.2, -0.15) is 0 Å². The molecule has 13 heavy (non-hydrogen) atoms. The van der Waals surface area contributed by atoms with Crippen LogP contribution >= 0.6 is 22.6 Å². The summed E-state index contributed by atoms with van der Waals surface area (Å²) >= 11 is 2.35. The van der Waals surface area contributed by atoms with Crippen LogP contribution in [0.4, 0.5) is 0 Å². The Hall–Kier alpha value is -0.0900. The Balaban J connectivity index is 1.97. The number of hydrogen-bond acceptors (Lipinski definition) is 1. The molecular formula is C11H14IN. The van der Waals surface area contributed by atoms with Gasteiger partial charge >= 0.3 is 0 Å². The molecule has 1 aliphatic heterocycles. The smallest absolute Gasteiger partial charge is 0.0130 e. The van der Waals surface area contributed by atoms with Crippen molar-refractivity contribution in [3.63, 3.8) is 0 Å². The fourth-order valence-corrected chi connectivity index (χ4v) is 2.20. The van der Waals surface area contributed by atoms with Crippen molar-refractivity contribution in [1.29, 1.82) is 0 Å². The Bertz CT molecular complexity index is 262. The number of benzene rings is 1. The van der Waals surface area contributed by atoms with E-state index in [1.807, 2.05) is 0 Å². The second-order valence-corrected chi connectivity index (χ2v) is 4.94. The molecule has 1 N–H and O–H groups in total. The molecule has 1 aromatic rings. The van der Waals surface area contributed by atoms with Crippen molar-refractivity contribution >= 4 is 22.6 Å². The minimum absolute atomic E-state index is 0.861. The second-order valence-electron chi connectivity index (χ2n) is 3.69. The zero-order chi connectivity index (χ0) is 9.10. The molecular weight excluding hydrogens is 273 g/mol. The number of nitrogens with one attached hydrogen (secondary N) is 1. The van der Waals surface area contributed by atoms with Gasteiger partial charge in [0.25, 0.3) is 0 Å². The van der Waals surface area contributed by atoms with Crippen LogP contribution in [0.3, 0.4) is 0 Å². The van der Waals surface area contributed by atoms with E-state index in [1.165, 1.54) is 35.1 Å². The highest BCUT2D eigenvalue weighted by atomic mass is 127. The van der Waals surface area contributed by atoms with E-state index in [0.717, 1.165) is 5.92 Å². The molecule has 0 aliphatic carbocycles. The standard InChI is InChI=1S/C11H14IN/c12-11-3-1-9(2-4-11)7-10-5-6-13-8-10/h1-4,10,13H,5-8H2/t10-/m0/s1. The second kappa shape index (κ2) is 4.42. The van der Waals surface area contributed by atoms with Gasteiger partial charge in [-0.25, -0.2) is 0 Å². The maximum absolute atomic E-state index is 3.40. The molecule has 1 saturated heterocycles. The fraction of sp³-hybridized carbons (Fsp3) is 0.455. The first kappa shape index (κ1) is 9.46. The Kier molecular flexibility index (Phi) is 3.22. The van der Waals surface area contributed by atoms with Gasteiger partial charge in [0.2, 0.25) is 0 Å². The Morgan fingerprint density at radius 1 is 1.31 bits per heavy atom. The number of halogens is 1. The lowest BCUT2D eigenvalue weighted by Crippen LogP contribution is -2.10. The van der Waals surface area contributed by atoms with Crippen LogP contribution in [-0.4, -0.2) is 13.1 Å². The summed E-state index contributed by atoms with van der Waals surface area (Å²) in [6, 6.07) is 8.89. The van der Waals surface area contributed by atoms with Gasteiger partial charge in [0.1, 0.15) is 0 Å². The third-order valence-electron chi connectivity index (χ3n) is 2.60. The van der Waals surface area contributed by atoms with Gasteiger partial charge in [-0.3, -0.25) is 0 Å². The summed E-state index contributed by atoms with van der Waals surface area (Å²) < 4.78 is 1.32. The van der Waals surface area contributed by atoms with Gasteiger partial charge in [-0.05, 0) is 72.1 Å². The first-order valence-corrected chi connectivity index (χ1v) is 5.87. The van der Waals surface area contributed by atoms with E-state index in [0.29, 0.717) is 0 Å². The molecule has 0 saturated carbocycles. The Morgan fingerprint density at radius 2 is 2.08 bits per heavy atom.